The van der Waals surface area contributed by atoms with Crippen LogP contribution in [0.5, 0.6) is 0 Å². The highest BCUT2D eigenvalue weighted by atomic mass is 19.4. The van der Waals surface area contributed by atoms with E-state index in [0.29, 0.717) is 18.0 Å². The van der Waals surface area contributed by atoms with Gasteiger partial charge in [0.05, 0.1) is 5.56 Å². The summed E-state index contributed by atoms with van der Waals surface area (Å²) < 4.78 is 52.3. The van der Waals surface area contributed by atoms with Gasteiger partial charge in [-0.3, -0.25) is 9.69 Å². The van der Waals surface area contributed by atoms with Gasteiger partial charge in [0, 0.05) is 30.5 Å². The zero-order valence-electron chi connectivity index (χ0n) is 19.0. The summed E-state index contributed by atoms with van der Waals surface area (Å²) in [6.45, 7) is 4.14. The summed E-state index contributed by atoms with van der Waals surface area (Å²) in [6, 6.07) is 11.3. The first kappa shape index (κ1) is 23.1. The topological polar surface area (TPSA) is 32.3 Å². The molecular weight excluding hydrogens is 444 g/mol. The summed E-state index contributed by atoms with van der Waals surface area (Å²) in [5.74, 6) is -0.827. The number of halogens is 4. The molecule has 0 radical (unpaired) electrons. The van der Waals surface area contributed by atoms with Crippen molar-refractivity contribution >= 4 is 12.0 Å². The smallest absolute Gasteiger partial charge is 0.352 e. The molecule has 0 aromatic heterocycles. The molecule has 5 rings (SSSR count). The lowest BCUT2D eigenvalue weighted by atomic mass is 9.67. The third-order valence-electron chi connectivity index (χ3n) is 7.98. The molecule has 3 aliphatic rings. The van der Waals surface area contributed by atoms with Gasteiger partial charge in [-0.15, -0.1) is 0 Å². The fraction of sp³-hybridized carbons (Fsp3) is 0.444. The maximum Gasteiger partial charge on any atom is 0.416 e. The number of carbonyl (C=O) groups is 1. The summed E-state index contributed by atoms with van der Waals surface area (Å²) in [5, 5.41) is 2.69. The molecule has 1 spiro atoms. The van der Waals surface area contributed by atoms with E-state index in [4.69, 9.17) is 0 Å². The lowest BCUT2D eigenvalue weighted by Crippen LogP contribution is -2.56. The van der Waals surface area contributed by atoms with Gasteiger partial charge in [-0.25, -0.2) is 4.39 Å². The highest BCUT2D eigenvalue weighted by Gasteiger charge is 2.46. The lowest BCUT2D eigenvalue weighted by Gasteiger charge is -2.50. The highest BCUT2D eigenvalue weighted by Crippen LogP contribution is 2.48. The van der Waals surface area contributed by atoms with Crippen molar-refractivity contribution in [2.24, 2.45) is 11.8 Å². The van der Waals surface area contributed by atoms with E-state index in [1.54, 1.807) is 0 Å². The fourth-order valence-corrected chi connectivity index (χ4v) is 5.90. The number of benzene rings is 2. The molecule has 1 saturated heterocycles. The summed E-state index contributed by atoms with van der Waals surface area (Å²) in [7, 11) is 0. The Morgan fingerprint density at radius 3 is 2.68 bits per heavy atom. The number of hydrogen-bond donors (Lipinski definition) is 1. The third kappa shape index (κ3) is 4.15. The summed E-state index contributed by atoms with van der Waals surface area (Å²) in [5.41, 5.74) is 1.88. The zero-order valence-corrected chi connectivity index (χ0v) is 19.0. The van der Waals surface area contributed by atoms with Crippen molar-refractivity contribution in [3.8, 4) is 0 Å². The summed E-state index contributed by atoms with van der Waals surface area (Å²) >= 11 is 0. The molecule has 34 heavy (non-hydrogen) atoms. The minimum Gasteiger partial charge on any atom is -0.352 e. The minimum absolute atomic E-state index is 0.0911. The van der Waals surface area contributed by atoms with Gasteiger partial charge in [0.15, 0.2) is 0 Å². The van der Waals surface area contributed by atoms with Crippen LogP contribution < -0.4 is 5.32 Å². The van der Waals surface area contributed by atoms with Crippen LogP contribution in [0.4, 0.5) is 17.6 Å². The van der Waals surface area contributed by atoms with Crippen molar-refractivity contribution in [1.82, 2.24) is 10.2 Å². The average molecular weight is 473 g/mol. The first-order valence-corrected chi connectivity index (χ1v) is 11.8. The maximum absolute atomic E-state index is 13.6. The first-order valence-electron chi connectivity index (χ1n) is 11.8. The molecule has 0 unspecified atom stereocenters. The van der Waals surface area contributed by atoms with E-state index in [0.717, 1.165) is 44.5 Å². The lowest BCUT2D eigenvalue weighted by molar-refractivity contribution is -0.137. The predicted octanol–water partition coefficient (Wildman–Crippen LogP) is 5.55. The van der Waals surface area contributed by atoms with Crippen LogP contribution in [0.2, 0.25) is 0 Å². The molecule has 1 amide bonds. The number of hydrogen-bond acceptors (Lipinski definition) is 2. The van der Waals surface area contributed by atoms with Crippen LogP contribution in [0.15, 0.2) is 48.5 Å². The number of likely N-dealkylation sites (tertiary alicyclic amines) is 1. The van der Waals surface area contributed by atoms with Gasteiger partial charge in [-0.05, 0) is 66.6 Å². The summed E-state index contributed by atoms with van der Waals surface area (Å²) in [6.07, 6.45) is 2.53. The first-order chi connectivity index (χ1) is 16.2. The minimum atomic E-state index is -4.62. The van der Waals surface area contributed by atoms with Gasteiger partial charge < -0.3 is 5.32 Å². The number of fused-ring (bicyclic) bond motifs is 2. The van der Waals surface area contributed by atoms with E-state index in [-0.39, 0.29) is 29.3 Å². The van der Waals surface area contributed by atoms with Gasteiger partial charge >= 0.3 is 6.18 Å². The van der Waals surface area contributed by atoms with E-state index in [9.17, 15) is 22.4 Å². The Hall–Kier alpha value is -2.67. The molecule has 2 aromatic rings. The van der Waals surface area contributed by atoms with Crippen molar-refractivity contribution in [1.29, 1.82) is 0 Å². The van der Waals surface area contributed by atoms with Crippen LogP contribution in [0.1, 0.15) is 48.4 Å². The van der Waals surface area contributed by atoms with Crippen LogP contribution in [-0.4, -0.2) is 29.9 Å². The maximum atomic E-state index is 13.6. The highest BCUT2D eigenvalue weighted by molar-refractivity contribution is 5.79. The molecule has 2 aromatic carbocycles. The Labute approximate surface area is 196 Å². The molecule has 3 nitrogen and oxygen atoms in total. The number of piperidine rings is 1. The van der Waals surface area contributed by atoms with Crippen LogP contribution in [0.3, 0.4) is 0 Å². The van der Waals surface area contributed by atoms with Crippen molar-refractivity contribution in [3.05, 3.63) is 76.6 Å². The van der Waals surface area contributed by atoms with Crippen LogP contribution in [0, 0.1) is 17.7 Å². The second-order valence-corrected chi connectivity index (χ2v) is 9.99. The van der Waals surface area contributed by atoms with Gasteiger partial charge in [0.2, 0.25) is 5.91 Å². The number of carbonyl (C=O) groups excluding carboxylic acids is 1. The molecule has 1 heterocycles. The summed E-state index contributed by atoms with van der Waals surface area (Å²) in [4.78, 5) is 15.0. The second-order valence-electron chi connectivity index (χ2n) is 9.99. The Morgan fingerprint density at radius 1 is 1.18 bits per heavy atom. The standard InChI is InChI=1S/C27H28F4N2O/c1-17-16-33(9-8-26(17)7-6-19-4-2-3-5-24(19)26)23-12-20(13-23)25(34)32-15-18-10-21(27(29,30)31)14-22(28)11-18/h2-7,10-11,14,17,20,23H,8-9,12-13,15-16H2,1H3,(H,32,34)/t17-,20?,23?,26-/m0/s1. The van der Waals surface area contributed by atoms with Gasteiger partial charge in [0.1, 0.15) is 5.82 Å². The fourth-order valence-electron chi connectivity index (χ4n) is 5.90. The largest absolute Gasteiger partial charge is 0.416 e. The van der Waals surface area contributed by atoms with Crippen LogP contribution in [0.25, 0.3) is 6.08 Å². The Kier molecular flexibility index (Phi) is 5.79. The number of rotatable bonds is 4. The van der Waals surface area contributed by atoms with Crippen molar-refractivity contribution in [2.45, 2.75) is 50.4 Å². The van der Waals surface area contributed by atoms with Crippen molar-refractivity contribution in [2.75, 3.05) is 13.1 Å². The molecular formula is C27H28F4N2O. The molecule has 0 bridgehead atoms. The van der Waals surface area contributed by atoms with E-state index in [1.807, 2.05) is 0 Å². The van der Waals surface area contributed by atoms with Gasteiger partial charge in [0.25, 0.3) is 0 Å². The number of nitrogens with one attached hydrogen (secondary N) is 1. The Bertz CT molecular complexity index is 1120. The quantitative estimate of drug-likeness (QED) is 0.592. The molecule has 1 aliphatic heterocycles. The number of amides is 1. The van der Waals surface area contributed by atoms with E-state index in [2.05, 4.69) is 53.6 Å². The number of allylic oxidation sites excluding steroid dienone is 1. The molecule has 2 atom stereocenters. The second kappa shape index (κ2) is 8.52. The zero-order chi connectivity index (χ0) is 24.1. The van der Waals surface area contributed by atoms with E-state index in [1.165, 1.54) is 11.1 Å². The molecule has 7 heteroatoms. The Balaban J connectivity index is 1.13. The molecule has 1 N–H and O–H groups in total. The normalized spacial score (nSPS) is 28.6. The molecule has 180 valence electrons. The van der Waals surface area contributed by atoms with Gasteiger partial charge in [-0.1, -0.05) is 43.3 Å². The SMILES string of the molecule is C[C@H]1CN(C2CC(C(=O)NCc3cc(F)cc(C(F)(F)F)c3)C2)CC[C@@]12C=Cc1ccccc12. The molecule has 1 saturated carbocycles. The predicted molar refractivity (Wildman–Crippen MR) is 122 cm³/mol. The van der Waals surface area contributed by atoms with Crippen molar-refractivity contribution in [3.63, 3.8) is 0 Å². The van der Waals surface area contributed by atoms with Crippen LogP contribution in [-0.2, 0) is 22.9 Å². The van der Waals surface area contributed by atoms with Crippen LogP contribution >= 0.6 is 0 Å². The average Bonchev–Trinajstić information content (AvgIpc) is 3.12. The number of alkyl halides is 3. The van der Waals surface area contributed by atoms with E-state index >= 15 is 0 Å². The molecule has 2 fully saturated rings. The number of nitrogens with zero attached hydrogens (tertiary/aromatic N) is 1. The van der Waals surface area contributed by atoms with E-state index < -0.39 is 17.6 Å². The Morgan fingerprint density at radius 2 is 1.94 bits per heavy atom. The van der Waals surface area contributed by atoms with Gasteiger partial charge in [-0.2, -0.15) is 13.2 Å². The monoisotopic (exact) mass is 472 g/mol. The third-order valence-corrected chi connectivity index (χ3v) is 7.98. The van der Waals surface area contributed by atoms with Crippen molar-refractivity contribution < 1.29 is 22.4 Å². The molecule has 2 aliphatic carbocycles.